The standard InChI is InChI=1S/C22H17N7O/c1-14-7-2-5-12-18(14)24-19-20(26-22-21(25-19)28-30-29-22)27-23-13-16-10-6-9-15-8-3-4-11-17(15)16/h2-13H,1H3,(H,24,25,28)(H,26,27,29)/b23-13-. The van der Waals surface area contributed by atoms with Gasteiger partial charge in [0.15, 0.2) is 11.6 Å². The number of aryl methyl sites for hydroxylation is 1. The molecule has 0 saturated heterocycles. The second-order valence-electron chi connectivity index (χ2n) is 6.71. The van der Waals surface area contributed by atoms with E-state index in [1.54, 1.807) is 6.21 Å². The lowest BCUT2D eigenvalue weighted by Crippen LogP contribution is -2.04. The first-order chi connectivity index (χ1) is 14.8. The maximum atomic E-state index is 4.75. The number of rotatable bonds is 5. The van der Waals surface area contributed by atoms with Crippen LogP contribution in [0.25, 0.3) is 22.1 Å². The SMILES string of the molecule is Cc1ccccc1Nc1nc2nonc2nc1N/N=C\c1cccc2ccccc12. The quantitative estimate of drug-likeness (QED) is 0.329. The molecule has 30 heavy (non-hydrogen) atoms. The molecule has 5 aromatic rings. The molecular weight excluding hydrogens is 378 g/mol. The molecule has 0 amide bonds. The molecule has 0 fully saturated rings. The third kappa shape index (κ3) is 3.42. The van der Waals surface area contributed by atoms with E-state index in [1.807, 2.05) is 55.5 Å². The van der Waals surface area contributed by atoms with Gasteiger partial charge in [0.05, 0.1) is 6.21 Å². The van der Waals surface area contributed by atoms with Gasteiger partial charge in [-0.05, 0) is 39.6 Å². The summed E-state index contributed by atoms with van der Waals surface area (Å²) in [4.78, 5) is 8.91. The fourth-order valence-electron chi connectivity index (χ4n) is 3.17. The molecule has 2 N–H and O–H groups in total. The topological polar surface area (TPSA) is 101 Å². The Hall–Kier alpha value is -4.33. The molecule has 8 heteroatoms. The normalized spacial score (nSPS) is 11.4. The predicted octanol–water partition coefficient (Wildman–Crippen LogP) is 4.66. The molecule has 2 heterocycles. The summed E-state index contributed by atoms with van der Waals surface area (Å²) in [7, 11) is 0. The highest BCUT2D eigenvalue weighted by atomic mass is 16.6. The fourth-order valence-corrected chi connectivity index (χ4v) is 3.17. The van der Waals surface area contributed by atoms with Crippen molar-refractivity contribution in [3.63, 3.8) is 0 Å². The van der Waals surface area contributed by atoms with Gasteiger partial charge in [-0.2, -0.15) is 10.1 Å². The second-order valence-corrected chi connectivity index (χ2v) is 6.71. The number of anilines is 3. The summed E-state index contributed by atoms with van der Waals surface area (Å²) < 4.78 is 4.75. The molecule has 0 bridgehead atoms. The van der Waals surface area contributed by atoms with E-state index < -0.39 is 0 Å². The number of hydrazone groups is 1. The molecule has 0 saturated carbocycles. The number of para-hydroxylation sites is 1. The average Bonchev–Trinajstić information content (AvgIpc) is 3.23. The Balaban J connectivity index is 1.48. The summed E-state index contributed by atoms with van der Waals surface area (Å²) in [5.41, 5.74) is 6.56. The highest BCUT2D eigenvalue weighted by Gasteiger charge is 2.13. The summed E-state index contributed by atoms with van der Waals surface area (Å²) in [6, 6.07) is 22.1. The molecule has 0 aliphatic carbocycles. The minimum atomic E-state index is 0.299. The predicted molar refractivity (Wildman–Crippen MR) is 117 cm³/mol. The molecule has 0 aliphatic heterocycles. The molecule has 5 rings (SSSR count). The molecule has 0 atom stereocenters. The van der Waals surface area contributed by atoms with E-state index in [2.05, 4.69) is 54.3 Å². The van der Waals surface area contributed by atoms with Crippen molar-refractivity contribution < 1.29 is 4.63 Å². The third-order valence-electron chi connectivity index (χ3n) is 4.71. The maximum Gasteiger partial charge on any atom is 0.245 e. The van der Waals surface area contributed by atoms with Gasteiger partial charge in [0.1, 0.15) is 0 Å². The van der Waals surface area contributed by atoms with Crippen molar-refractivity contribution in [1.82, 2.24) is 20.3 Å². The van der Waals surface area contributed by atoms with Crippen molar-refractivity contribution in [2.45, 2.75) is 6.92 Å². The van der Waals surface area contributed by atoms with Crippen molar-refractivity contribution >= 4 is 45.6 Å². The number of nitrogens with one attached hydrogen (secondary N) is 2. The van der Waals surface area contributed by atoms with Crippen LogP contribution in [0.15, 0.2) is 76.5 Å². The van der Waals surface area contributed by atoms with E-state index in [0.717, 1.165) is 27.6 Å². The zero-order valence-corrected chi connectivity index (χ0v) is 16.1. The van der Waals surface area contributed by atoms with Crippen LogP contribution < -0.4 is 10.7 Å². The van der Waals surface area contributed by atoms with Gasteiger partial charge in [-0.15, -0.1) is 0 Å². The maximum absolute atomic E-state index is 4.75. The van der Waals surface area contributed by atoms with Gasteiger partial charge in [-0.25, -0.2) is 9.61 Å². The molecule has 3 aromatic carbocycles. The molecule has 0 radical (unpaired) electrons. The summed E-state index contributed by atoms with van der Waals surface area (Å²) in [5.74, 6) is 0.889. The first-order valence-corrected chi connectivity index (χ1v) is 9.38. The van der Waals surface area contributed by atoms with Crippen LogP contribution in [0.4, 0.5) is 17.3 Å². The highest BCUT2D eigenvalue weighted by Crippen LogP contribution is 2.25. The Bertz CT molecular complexity index is 1370. The monoisotopic (exact) mass is 395 g/mol. The molecular formula is C22H17N7O. The van der Waals surface area contributed by atoms with Gasteiger partial charge in [-0.1, -0.05) is 60.7 Å². The van der Waals surface area contributed by atoms with Crippen LogP contribution in [-0.4, -0.2) is 26.5 Å². The van der Waals surface area contributed by atoms with Crippen LogP contribution in [0.1, 0.15) is 11.1 Å². The molecule has 8 nitrogen and oxygen atoms in total. The summed E-state index contributed by atoms with van der Waals surface area (Å²) in [5, 5.41) is 17.5. The first-order valence-electron chi connectivity index (χ1n) is 9.38. The van der Waals surface area contributed by atoms with Crippen LogP contribution in [0.3, 0.4) is 0 Å². The molecule has 2 aromatic heterocycles. The number of fused-ring (bicyclic) bond motifs is 2. The van der Waals surface area contributed by atoms with Crippen molar-refractivity contribution in [1.29, 1.82) is 0 Å². The lowest BCUT2D eigenvalue weighted by molar-refractivity contribution is 0.314. The highest BCUT2D eigenvalue weighted by molar-refractivity contribution is 5.99. The summed E-state index contributed by atoms with van der Waals surface area (Å²) in [6.07, 6.45) is 1.76. The van der Waals surface area contributed by atoms with E-state index in [0.29, 0.717) is 22.9 Å². The van der Waals surface area contributed by atoms with Crippen molar-refractivity contribution in [3.05, 3.63) is 77.9 Å². The molecule has 0 aliphatic rings. The first kappa shape index (κ1) is 17.7. The van der Waals surface area contributed by atoms with Gasteiger partial charge in [0.25, 0.3) is 0 Å². The Labute approximate surface area is 171 Å². The molecule has 146 valence electrons. The van der Waals surface area contributed by atoms with Crippen molar-refractivity contribution in [3.8, 4) is 0 Å². The van der Waals surface area contributed by atoms with Crippen LogP contribution in [0.2, 0.25) is 0 Å². The van der Waals surface area contributed by atoms with Crippen LogP contribution in [-0.2, 0) is 0 Å². The summed E-state index contributed by atoms with van der Waals surface area (Å²) in [6.45, 7) is 2.01. The van der Waals surface area contributed by atoms with Crippen molar-refractivity contribution in [2.75, 3.05) is 10.7 Å². The minimum Gasteiger partial charge on any atom is -0.337 e. The summed E-state index contributed by atoms with van der Waals surface area (Å²) >= 11 is 0. The van der Waals surface area contributed by atoms with E-state index in [9.17, 15) is 0 Å². The largest absolute Gasteiger partial charge is 0.337 e. The van der Waals surface area contributed by atoms with E-state index in [1.165, 1.54) is 0 Å². The van der Waals surface area contributed by atoms with Crippen molar-refractivity contribution in [2.24, 2.45) is 5.10 Å². The smallest absolute Gasteiger partial charge is 0.245 e. The van der Waals surface area contributed by atoms with E-state index in [4.69, 9.17) is 4.63 Å². The Morgan fingerprint density at radius 1 is 0.833 bits per heavy atom. The fraction of sp³-hybridized carbons (Fsp3) is 0.0455. The second kappa shape index (κ2) is 7.59. The Morgan fingerprint density at radius 3 is 2.43 bits per heavy atom. The lowest BCUT2D eigenvalue weighted by Gasteiger charge is -2.11. The van der Waals surface area contributed by atoms with Gasteiger partial charge in [0, 0.05) is 11.3 Å². The van der Waals surface area contributed by atoms with E-state index >= 15 is 0 Å². The van der Waals surface area contributed by atoms with Crippen LogP contribution in [0.5, 0.6) is 0 Å². The Kier molecular flexibility index (Phi) is 4.49. The number of benzene rings is 3. The van der Waals surface area contributed by atoms with E-state index in [-0.39, 0.29) is 0 Å². The van der Waals surface area contributed by atoms with Gasteiger partial charge >= 0.3 is 0 Å². The van der Waals surface area contributed by atoms with Gasteiger partial charge in [-0.3, -0.25) is 5.43 Å². The van der Waals surface area contributed by atoms with Crippen LogP contribution in [0, 0.1) is 6.92 Å². The number of hydrogen-bond acceptors (Lipinski definition) is 8. The van der Waals surface area contributed by atoms with Gasteiger partial charge < -0.3 is 5.32 Å². The number of hydrogen-bond donors (Lipinski definition) is 2. The van der Waals surface area contributed by atoms with Gasteiger partial charge in [0.2, 0.25) is 11.3 Å². The molecule has 0 unspecified atom stereocenters. The molecule has 0 spiro atoms. The average molecular weight is 395 g/mol. The number of nitrogens with zero attached hydrogens (tertiary/aromatic N) is 5. The Morgan fingerprint density at radius 2 is 1.57 bits per heavy atom. The minimum absolute atomic E-state index is 0.299. The zero-order valence-electron chi connectivity index (χ0n) is 16.1. The zero-order chi connectivity index (χ0) is 20.3. The number of aromatic nitrogens is 4. The van der Waals surface area contributed by atoms with Crippen LogP contribution >= 0.6 is 0 Å². The lowest BCUT2D eigenvalue weighted by atomic mass is 10.1. The third-order valence-corrected chi connectivity index (χ3v) is 4.71.